The van der Waals surface area contributed by atoms with Gasteiger partial charge in [-0.15, -0.1) is 11.6 Å². The maximum Gasteiger partial charge on any atom is 0.271 e. The number of fused-ring (bicyclic) bond motifs is 1. The van der Waals surface area contributed by atoms with Crippen molar-refractivity contribution < 1.29 is 4.92 Å². The second-order valence-electron chi connectivity index (χ2n) is 3.11. The summed E-state index contributed by atoms with van der Waals surface area (Å²) >= 11 is 5.66. The van der Waals surface area contributed by atoms with Crippen molar-refractivity contribution in [3.05, 3.63) is 46.1 Å². The van der Waals surface area contributed by atoms with Crippen LogP contribution in [0.4, 0.5) is 5.69 Å². The number of rotatable bonds is 2. The molecule has 0 spiro atoms. The fraction of sp³-hybridized carbons (Fsp3) is 0.100. The van der Waals surface area contributed by atoms with Crippen molar-refractivity contribution in [3.63, 3.8) is 0 Å². The fourth-order valence-electron chi connectivity index (χ4n) is 1.34. The van der Waals surface area contributed by atoms with Crippen molar-refractivity contribution >= 4 is 28.2 Å². The molecule has 1 heterocycles. The standard InChI is InChI=1S/C10H7ClN2O2/c11-5-7-3-8-1-2-9(13(14)15)4-10(8)12-6-7/h1-4,6H,5H2. The van der Waals surface area contributed by atoms with E-state index in [-0.39, 0.29) is 5.69 Å². The molecule has 2 rings (SSSR count). The van der Waals surface area contributed by atoms with Gasteiger partial charge in [-0.25, -0.2) is 0 Å². The molecule has 0 saturated heterocycles. The van der Waals surface area contributed by atoms with Gasteiger partial charge in [-0.2, -0.15) is 0 Å². The smallest absolute Gasteiger partial charge is 0.258 e. The third-order valence-electron chi connectivity index (χ3n) is 2.09. The molecule has 0 atom stereocenters. The Bertz CT molecular complexity index is 528. The number of hydrogen-bond acceptors (Lipinski definition) is 3. The van der Waals surface area contributed by atoms with Gasteiger partial charge >= 0.3 is 0 Å². The molecular weight excluding hydrogens is 216 g/mol. The van der Waals surface area contributed by atoms with E-state index in [0.29, 0.717) is 11.4 Å². The number of benzene rings is 1. The zero-order valence-corrected chi connectivity index (χ0v) is 8.44. The summed E-state index contributed by atoms with van der Waals surface area (Å²) < 4.78 is 0. The number of halogens is 1. The van der Waals surface area contributed by atoms with Gasteiger partial charge in [0.05, 0.1) is 10.4 Å². The maximum atomic E-state index is 10.5. The maximum absolute atomic E-state index is 10.5. The lowest BCUT2D eigenvalue weighted by Crippen LogP contribution is -1.89. The Labute approximate surface area is 90.7 Å². The summed E-state index contributed by atoms with van der Waals surface area (Å²) in [4.78, 5) is 14.2. The number of hydrogen-bond donors (Lipinski definition) is 0. The average Bonchev–Trinajstić information content (AvgIpc) is 2.27. The Balaban J connectivity index is 2.59. The molecule has 1 aromatic heterocycles. The molecule has 5 heteroatoms. The van der Waals surface area contributed by atoms with Crippen LogP contribution in [0.25, 0.3) is 10.9 Å². The number of alkyl halides is 1. The molecule has 1 aromatic carbocycles. The third-order valence-corrected chi connectivity index (χ3v) is 2.40. The van der Waals surface area contributed by atoms with Crippen LogP contribution in [0.15, 0.2) is 30.5 Å². The largest absolute Gasteiger partial charge is 0.271 e. The molecule has 0 amide bonds. The predicted molar refractivity (Wildman–Crippen MR) is 58.0 cm³/mol. The minimum atomic E-state index is -0.434. The van der Waals surface area contributed by atoms with Crippen molar-refractivity contribution in [2.75, 3.05) is 0 Å². The highest BCUT2D eigenvalue weighted by Gasteiger charge is 2.06. The first kappa shape index (κ1) is 9.86. The van der Waals surface area contributed by atoms with Gasteiger partial charge < -0.3 is 0 Å². The Morgan fingerprint density at radius 2 is 2.20 bits per heavy atom. The number of nitro benzene ring substituents is 1. The molecule has 76 valence electrons. The summed E-state index contributed by atoms with van der Waals surface area (Å²) in [5.74, 6) is 0.389. The lowest BCUT2D eigenvalue weighted by Gasteiger charge is -1.99. The van der Waals surface area contributed by atoms with E-state index in [2.05, 4.69) is 4.98 Å². The summed E-state index contributed by atoms with van der Waals surface area (Å²) in [7, 11) is 0. The second-order valence-corrected chi connectivity index (χ2v) is 3.38. The zero-order chi connectivity index (χ0) is 10.8. The van der Waals surface area contributed by atoms with Crippen molar-refractivity contribution in [2.24, 2.45) is 0 Å². The molecule has 0 fully saturated rings. The fourth-order valence-corrected chi connectivity index (χ4v) is 1.49. The minimum Gasteiger partial charge on any atom is -0.258 e. The van der Waals surface area contributed by atoms with Crippen molar-refractivity contribution in [1.29, 1.82) is 0 Å². The van der Waals surface area contributed by atoms with E-state index in [1.165, 1.54) is 12.1 Å². The van der Waals surface area contributed by atoms with E-state index in [1.54, 1.807) is 12.3 Å². The van der Waals surface area contributed by atoms with Crippen LogP contribution < -0.4 is 0 Å². The molecule has 0 saturated carbocycles. The number of aromatic nitrogens is 1. The average molecular weight is 223 g/mol. The van der Waals surface area contributed by atoms with E-state index >= 15 is 0 Å². The van der Waals surface area contributed by atoms with E-state index in [1.807, 2.05) is 6.07 Å². The normalized spacial score (nSPS) is 10.5. The monoisotopic (exact) mass is 222 g/mol. The molecule has 4 nitrogen and oxygen atoms in total. The van der Waals surface area contributed by atoms with Gasteiger partial charge in [-0.05, 0) is 17.7 Å². The first-order valence-electron chi connectivity index (χ1n) is 4.30. The molecule has 0 aliphatic rings. The topological polar surface area (TPSA) is 56.0 Å². The quantitative estimate of drug-likeness (QED) is 0.446. The van der Waals surface area contributed by atoms with Crippen molar-refractivity contribution in [1.82, 2.24) is 4.98 Å². The summed E-state index contributed by atoms with van der Waals surface area (Å²) in [6.45, 7) is 0. The number of non-ortho nitro benzene ring substituents is 1. The van der Waals surface area contributed by atoms with E-state index < -0.39 is 4.92 Å². The molecular formula is C10H7ClN2O2. The molecule has 0 bridgehead atoms. The van der Waals surface area contributed by atoms with Gasteiger partial charge in [-0.3, -0.25) is 15.1 Å². The van der Waals surface area contributed by atoms with Crippen LogP contribution in [0, 0.1) is 10.1 Å². The summed E-state index contributed by atoms with van der Waals surface area (Å²) in [6.07, 6.45) is 1.62. The molecule has 2 aromatic rings. The Morgan fingerprint density at radius 3 is 2.87 bits per heavy atom. The van der Waals surface area contributed by atoms with Crippen molar-refractivity contribution in [2.45, 2.75) is 5.88 Å². The van der Waals surface area contributed by atoms with E-state index in [4.69, 9.17) is 11.6 Å². The molecule has 0 radical (unpaired) electrons. The summed E-state index contributed by atoms with van der Waals surface area (Å²) in [5, 5.41) is 11.4. The van der Waals surface area contributed by atoms with Gasteiger partial charge in [0.2, 0.25) is 0 Å². The number of nitro groups is 1. The molecule has 15 heavy (non-hydrogen) atoms. The lowest BCUT2D eigenvalue weighted by molar-refractivity contribution is -0.384. The van der Waals surface area contributed by atoms with Gasteiger partial charge in [0.1, 0.15) is 0 Å². The van der Waals surface area contributed by atoms with Gasteiger partial charge in [0, 0.05) is 29.6 Å². The Hall–Kier alpha value is -1.68. The number of nitrogens with zero attached hydrogens (tertiary/aromatic N) is 2. The molecule has 0 unspecified atom stereocenters. The molecule has 0 N–H and O–H groups in total. The van der Waals surface area contributed by atoms with Crippen LogP contribution in [-0.2, 0) is 5.88 Å². The highest BCUT2D eigenvalue weighted by molar-refractivity contribution is 6.17. The zero-order valence-electron chi connectivity index (χ0n) is 7.68. The second kappa shape index (κ2) is 3.82. The Morgan fingerprint density at radius 1 is 1.40 bits per heavy atom. The predicted octanol–water partition coefficient (Wildman–Crippen LogP) is 2.88. The highest BCUT2D eigenvalue weighted by Crippen LogP contribution is 2.20. The summed E-state index contributed by atoms with van der Waals surface area (Å²) in [5.41, 5.74) is 1.56. The van der Waals surface area contributed by atoms with Crippen LogP contribution in [0.1, 0.15) is 5.56 Å². The first-order chi connectivity index (χ1) is 7.20. The van der Waals surface area contributed by atoms with E-state index in [9.17, 15) is 10.1 Å². The Kier molecular flexibility index (Phi) is 2.51. The highest BCUT2D eigenvalue weighted by atomic mass is 35.5. The van der Waals surface area contributed by atoms with Crippen LogP contribution in [0.2, 0.25) is 0 Å². The lowest BCUT2D eigenvalue weighted by atomic mass is 10.1. The van der Waals surface area contributed by atoms with Crippen LogP contribution in [0.5, 0.6) is 0 Å². The molecule has 0 aliphatic heterocycles. The van der Waals surface area contributed by atoms with Gasteiger partial charge in [-0.1, -0.05) is 0 Å². The van der Waals surface area contributed by atoms with Crippen LogP contribution in [-0.4, -0.2) is 9.91 Å². The van der Waals surface area contributed by atoms with Crippen LogP contribution in [0.3, 0.4) is 0 Å². The van der Waals surface area contributed by atoms with Gasteiger partial charge in [0.25, 0.3) is 5.69 Å². The van der Waals surface area contributed by atoms with E-state index in [0.717, 1.165) is 10.9 Å². The third kappa shape index (κ3) is 1.89. The van der Waals surface area contributed by atoms with Gasteiger partial charge in [0.15, 0.2) is 0 Å². The van der Waals surface area contributed by atoms with Crippen LogP contribution >= 0.6 is 11.6 Å². The first-order valence-corrected chi connectivity index (χ1v) is 4.83. The molecule has 0 aliphatic carbocycles. The van der Waals surface area contributed by atoms with Crippen molar-refractivity contribution in [3.8, 4) is 0 Å². The number of pyridine rings is 1. The summed E-state index contributed by atoms with van der Waals surface area (Å²) in [6, 6.07) is 6.46. The SMILES string of the molecule is O=[N+]([O-])c1ccc2cc(CCl)cnc2c1. The minimum absolute atomic E-state index is 0.0497.